The van der Waals surface area contributed by atoms with Crippen molar-refractivity contribution in [2.75, 3.05) is 20.2 Å². The molecule has 1 saturated carbocycles. The van der Waals surface area contributed by atoms with Gasteiger partial charge in [-0.2, -0.15) is 0 Å². The number of nitrogens with one attached hydrogen (secondary N) is 1. The Balaban J connectivity index is 1.53. The molecular weight excluding hydrogens is 302 g/mol. The zero-order chi connectivity index (χ0) is 16.9. The van der Waals surface area contributed by atoms with Crippen LogP contribution in [0.1, 0.15) is 38.4 Å². The second-order valence-corrected chi connectivity index (χ2v) is 6.94. The molecule has 5 heteroatoms. The molecular formula is C19H27N3O2. The summed E-state index contributed by atoms with van der Waals surface area (Å²) >= 11 is 0. The quantitative estimate of drug-likeness (QED) is 0.885. The number of fused-ring (bicyclic) bond motifs is 1. The van der Waals surface area contributed by atoms with Crippen molar-refractivity contribution in [1.29, 1.82) is 0 Å². The van der Waals surface area contributed by atoms with Gasteiger partial charge in [-0.05, 0) is 37.9 Å². The van der Waals surface area contributed by atoms with Gasteiger partial charge in [-0.15, -0.1) is 0 Å². The molecule has 1 N–H and O–H groups in total. The zero-order valence-corrected chi connectivity index (χ0v) is 14.6. The lowest BCUT2D eigenvalue weighted by atomic mass is 9.88. The molecule has 1 aliphatic rings. The third-order valence-corrected chi connectivity index (χ3v) is 4.92. The number of hydrogen-bond donors (Lipinski definition) is 1. The molecule has 2 atom stereocenters. The first-order valence-corrected chi connectivity index (χ1v) is 8.91. The number of ether oxygens (including phenoxy) is 1. The average Bonchev–Trinajstić information content (AvgIpc) is 2.57. The predicted octanol–water partition coefficient (Wildman–Crippen LogP) is 2.95. The number of hydrogen-bond acceptors (Lipinski definition) is 4. The van der Waals surface area contributed by atoms with E-state index in [1.165, 1.54) is 25.7 Å². The van der Waals surface area contributed by atoms with Gasteiger partial charge in [-0.25, -0.2) is 4.98 Å². The molecule has 0 saturated heterocycles. The maximum atomic E-state index is 12.1. The van der Waals surface area contributed by atoms with Crippen molar-refractivity contribution in [2.45, 2.75) is 45.3 Å². The minimum Gasteiger partial charge on any atom is -0.377 e. The van der Waals surface area contributed by atoms with Gasteiger partial charge in [-0.3, -0.25) is 9.69 Å². The van der Waals surface area contributed by atoms with E-state index < -0.39 is 0 Å². The van der Waals surface area contributed by atoms with Crippen LogP contribution in [0.2, 0.25) is 0 Å². The molecule has 1 heterocycles. The van der Waals surface area contributed by atoms with Gasteiger partial charge in [0.1, 0.15) is 5.82 Å². The highest BCUT2D eigenvalue weighted by Crippen LogP contribution is 2.26. The molecule has 1 aromatic carbocycles. The fourth-order valence-electron chi connectivity index (χ4n) is 3.43. The molecule has 1 fully saturated rings. The lowest BCUT2D eigenvalue weighted by Gasteiger charge is -2.29. The fourth-order valence-corrected chi connectivity index (χ4v) is 3.43. The minimum atomic E-state index is -0.0729. The summed E-state index contributed by atoms with van der Waals surface area (Å²) in [7, 11) is 2.03. The van der Waals surface area contributed by atoms with Crippen LogP contribution in [0.4, 0.5) is 0 Å². The summed E-state index contributed by atoms with van der Waals surface area (Å²) in [6.45, 7) is 4.46. The van der Waals surface area contributed by atoms with E-state index in [1.54, 1.807) is 6.07 Å². The van der Waals surface area contributed by atoms with Crippen LogP contribution >= 0.6 is 0 Å². The van der Waals surface area contributed by atoms with Crippen LogP contribution in [0.15, 0.2) is 29.1 Å². The van der Waals surface area contributed by atoms with E-state index in [0.29, 0.717) is 29.8 Å². The highest BCUT2D eigenvalue weighted by molar-refractivity contribution is 5.77. The van der Waals surface area contributed by atoms with Gasteiger partial charge in [0.05, 0.1) is 30.2 Å². The number of para-hydroxylation sites is 1. The van der Waals surface area contributed by atoms with Crippen LogP contribution in [0.3, 0.4) is 0 Å². The standard InChI is InChI=1S/C19H27N3O2/c1-14-7-3-6-10-17(14)24-12-11-22(2)13-18-20-16-9-5-4-8-15(16)19(23)21-18/h4-5,8-9,14,17H,3,6-7,10-13H2,1-2H3,(H,20,21,23)/t14-,17-/m1/s1. The molecule has 0 radical (unpaired) electrons. The van der Waals surface area contributed by atoms with Gasteiger partial charge in [-0.1, -0.05) is 31.9 Å². The smallest absolute Gasteiger partial charge is 0.258 e. The van der Waals surface area contributed by atoms with Gasteiger partial charge in [0.2, 0.25) is 0 Å². The topological polar surface area (TPSA) is 58.2 Å². The Bertz CT molecular complexity index is 728. The lowest BCUT2D eigenvalue weighted by Crippen LogP contribution is -2.30. The maximum absolute atomic E-state index is 12.1. The summed E-state index contributed by atoms with van der Waals surface area (Å²) in [6.07, 6.45) is 5.49. The summed E-state index contributed by atoms with van der Waals surface area (Å²) in [5.74, 6) is 1.37. The monoisotopic (exact) mass is 329 g/mol. The summed E-state index contributed by atoms with van der Waals surface area (Å²) in [6, 6.07) is 7.44. The number of H-pyrrole nitrogens is 1. The van der Waals surface area contributed by atoms with Gasteiger partial charge >= 0.3 is 0 Å². The van der Waals surface area contributed by atoms with Crippen LogP contribution in [0.5, 0.6) is 0 Å². The zero-order valence-electron chi connectivity index (χ0n) is 14.6. The Morgan fingerprint density at radius 2 is 2.08 bits per heavy atom. The first kappa shape index (κ1) is 17.1. The Hall–Kier alpha value is -1.72. The summed E-state index contributed by atoms with van der Waals surface area (Å²) in [5.41, 5.74) is 0.674. The molecule has 0 aliphatic heterocycles. The van der Waals surface area contributed by atoms with Crippen LogP contribution in [0.25, 0.3) is 10.9 Å². The molecule has 5 nitrogen and oxygen atoms in total. The summed E-state index contributed by atoms with van der Waals surface area (Å²) in [4.78, 5) is 21.7. The molecule has 24 heavy (non-hydrogen) atoms. The molecule has 3 rings (SSSR count). The average molecular weight is 329 g/mol. The van der Waals surface area contributed by atoms with Gasteiger partial charge in [0.25, 0.3) is 5.56 Å². The van der Waals surface area contributed by atoms with Gasteiger partial charge in [0.15, 0.2) is 0 Å². The highest BCUT2D eigenvalue weighted by Gasteiger charge is 2.21. The Kier molecular flexibility index (Phi) is 5.63. The number of aromatic nitrogens is 2. The lowest BCUT2D eigenvalue weighted by molar-refractivity contribution is -0.0124. The number of rotatable bonds is 6. The van der Waals surface area contributed by atoms with E-state index in [9.17, 15) is 4.79 Å². The Morgan fingerprint density at radius 3 is 2.92 bits per heavy atom. The molecule has 1 aromatic heterocycles. The Morgan fingerprint density at radius 1 is 1.29 bits per heavy atom. The second kappa shape index (κ2) is 7.90. The fraction of sp³-hybridized carbons (Fsp3) is 0.579. The van der Waals surface area contributed by atoms with Crippen molar-refractivity contribution in [1.82, 2.24) is 14.9 Å². The maximum Gasteiger partial charge on any atom is 0.258 e. The third kappa shape index (κ3) is 4.22. The second-order valence-electron chi connectivity index (χ2n) is 6.94. The number of benzene rings is 1. The first-order chi connectivity index (χ1) is 11.6. The van der Waals surface area contributed by atoms with E-state index in [-0.39, 0.29) is 5.56 Å². The summed E-state index contributed by atoms with van der Waals surface area (Å²) < 4.78 is 6.06. The largest absolute Gasteiger partial charge is 0.377 e. The minimum absolute atomic E-state index is 0.0729. The molecule has 0 unspecified atom stereocenters. The third-order valence-electron chi connectivity index (χ3n) is 4.92. The van der Waals surface area contributed by atoms with E-state index in [4.69, 9.17) is 4.74 Å². The van der Waals surface area contributed by atoms with Crippen LogP contribution in [-0.4, -0.2) is 41.2 Å². The molecule has 0 bridgehead atoms. The SMILES string of the molecule is C[C@@H]1CCCC[C@H]1OCCN(C)Cc1nc2ccccc2c(=O)[nH]1. The van der Waals surface area contributed by atoms with Gasteiger partial charge in [0, 0.05) is 6.54 Å². The highest BCUT2D eigenvalue weighted by atomic mass is 16.5. The number of nitrogens with zero attached hydrogens (tertiary/aromatic N) is 2. The first-order valence-electron chi connectivity index (χ1n) is 8.91. The summed E-state index contributed by atoms with van der Waals surface area (Å²) in [5, 5.41) is 0.638. The normalized spacial score (nSPS) is 21.5. The molecule has 0 amide bonds. The molecule has 0 spiro atoms. The van der Waals surface area contributed by atoms with Gasteiger partial charge < -0.3 is 9.72 Å². The van der Waals surface area contributed by atoms with Crippen molar-refractivity contribution >= 4 is 10.9 Å². The van der Waals surface area contributed by atoms with Crippen molar-refractivity contribution in [3.63, 3.8) is 0 Å². The molecule has 1 aliphatic carbocycles. The molecule has 2 aromatic rings. The Labute approximate surface area is 143 Å². The molecule has 130 valence electrons. The van der Waals surface area contributed by atoms with E-state index >= 15 is 0 Å². The van der Waals surface area contributed by atoms with Crippen LogP contribution in [-0.2, 0) is 11.3 Å². The van der Waals surface area contributed by atoms with Crippen molar-refractivity contribution in [3.05, 3.63) is 40.4 Å². The van der Waals surface area contributed by atoms with Crippen LogP contribution in [0, 0.1) is 5.92 Å². The number of aromatic amines is 1. The van der Waals surface area contributed by atoms with E-state index in [1.807, 2.05) is 25.2 Å². The number of likely N-dealkylation sites (N-methyl/N-ethyl adjacent to an activating group) is 1. The van der Waals surface area contributed by atoms with Crippen molar-refractivity contribution < 1.29 is 4.74 Å². The van der Waals surface area contributed by atoms with Crippen molar-refractivity contribution in [2.24, 2.45) is 5.92 Å². The predicted molar refractivity (Wildman–Crippen MR) is 96.1 cm³/mol. The van der Waals surface area contributed by atoms with E-state index in [2.05, 4.69) is 21.8 Å². The van der Waals surface area contributed by atoms with E-state index in [0.717, 1.165) is 18.7 Å². The van der Waals surface area contributed by atoms with Crippen LogP contribution < -0.4 is 5.56 Å². The van der Waals surface area contributed by atoms with Crippen molar-refractivity contribution in [3.8, 4) is 0 Å².